The standard InChI is InChI=1S/C18H32N2/c1-14(2)11-20(12-15(3)4)13-18(5,6)16-7-9-17(19)10-8-16/h7-10,14-15H,11-13,19H2,1-6H3. The summed E-state index contributed by atoms with van der Waals surface area (Å²) in [6.07, 6.45) is 0. The molecule has 0 aromatic heterocycles. The first-order valence-electron chi connectivity index (χ1n) is 7.79. The quantitative estimate of drug-likeness (QED) is 0.758. The van der Waals surface area contributed by atoms with E-state index in [0.29, 0.717) is 11.8 Å². The van der Waals surface area contributed by atoms with Crippen molar-refractivity contribution in [3.05, 3.63) is 29.8 Å². The largest absolute Gasteiger partial charge is 0.399 e. The molecular formula is C18H32N2. The molecule has 0 aliphatic heterocycles. The number of benzene rings is 1. The molecule has 0 aliphatic rings. The van der Waals surface area contributed by atoms with Crippen molar-refractivity contribution in [3.63, 3.8) is 0 Å². The van der Waals surface area contributed by atoms with Gasteiger partial charge < -0.3 is 10.6 Å². The Balaban J connectivity index is 2.81. The maximum atomic E-state index is 5.79. The lowest BCUT2D eigenvalue weighted by Crippen LogP contribution is -2.40. The van der Waals surface area contributed by atoms with Crippen molar-refractivity contribution in [1.29, 1.82) is 0 Å². The Kier molecular flexibility index (Phi) is 6.07. The van der Waals surface area contributed by atoms with E-state index in [1.807, 2.05) is 12.1 Å². The summed E-state index contributed by atoms with van der Waals surface area (Å²) in [7, 11) is 0. The van der Waals surface area contributed by atoms with Gasteiger partial charge in [0.2, 0.25) is 0 Å². The summed E-state index contributed by atoms with van der Waals surface area (Å²) >= 11 is 0. The van der Waals surface area contributed by atoms with E-state index in [4.69, 9.17) is 5.73 Å². The molecular weight excluding hydrogens is 244 g/mol. The normalized spacial score (nSPS) is 12.7. The second kappa shape index (κ2) is 7.12. The van der Waals surface area contributed by atoms with Crippen LogP contribution < -0.4 is 5.73 Å². The van der Waals surface area contributed by atoms with E-state index in [1.54, 1.807) is 0 Å². The van der Waals surface area contributed by atoms with Crippen LogP contribution in [-0.4, -0.2) is 24.5 Å². The zero-order chi connectivity index (χ0) is 15.3. The van der Waals surface area contributed by atoms with E-state index in [0.717, 1.165) is 25.3 Å². The van der Waals surface area contributed by atoms with Gasteiger partial charge in [-0.2, -0.15) is 0 Å². The summed E-state index contributed by atoms with van der Waals surface area (Å²) in [6.45, 7) is 17.2. The minimum atomic E-state index is 0.150. The van der Waals surface area contributed by atoms with Crippen LogP contribution in [0.4, 0.5) is 5.69 Å². The number of anilines is 1. The van der Waals surface area contributed by atoms with Gasteiger partial charge in [0.1, 0.15) is 0 Å². The molecule has 0 atom stereocenters. The second-order valence-electron chi connectivity index (χ2n) is 7.49. The van der Waals surface area contributed by atoms with Crippen LogP contribution in [0.2, 0.25) is 0 Å². The topological polar surface area (TPSA) is 29.3 Å². The molecule has 1 rings (SSSR count). The minimum Gasteiger partial charge on any atom is -0.399 e. The Morgan fingerprint density at radius 3 is 1.80 bits per heavy atom. The Morgan fingerprint density at radius 1 is 0.950 bits per heavy atom. The van der Waals surface area contributed by atoms with Crippen LogP contribution in [0.15, 0.2) is 24.3 Å². The van der Waals surface area contributed by atoms with Crippen molar-refractivity contribution in [1.82, 2.24) is 4.90 Å². The highest BCUT2D eigenvalue weighted by atomic mass is 15.1. The first-order chi connectivity index (χ1) is 9.20. The van der Waals surface area contributed by atoms with Crippen LogP contribution in [-0.2, 0) is 5.41 Å². The molecule has 0 aliphatic carbocycles. The summed E-state index contributed by atoms with van der Waals surface area (Å²) < 4.78 is 0. The van der Waals surface area contributed by atoms with Gasteiger partial charge in [0, 0.05) is 30.7 Å². The smallest absolute Gasteiger partial charge is 0.0314 e. The minimum absolute atomic E-state index is 0.150. The van der Waals surface area contributed by atoms with E-state index in [1.165, 1.54) is 5.56 Å². The van der Waals surface area contributed by atoms with Gasteiger partial charge in [-0.1, -0.05) is 53.7 Å². The summed E-state index contributed by atoms with van der Waals surface area (Å²) in [5.41, 5.74) is 8.15. The molecule has 0 unspecified atom stereocenters. The van der Waals surface area contributed by atoms with Crippen LogP contribution >= 0.6 is 0 Å². The molecule has 0 fully saturated rings. The third-order valence-electron chi connectivity index (χ3n) is 3.56. The van der Waals surface area contributed by atoms with Gasteiger partial charge in [-0.15, -0.1) is 0 Å². The molecule has 20 heavy (non-hydrogen) atoms. The van der Waals surface area contributed by atoms with Gasteiger partial charge in [-0.05, 0) is 29.5 Å². The number of nitrogens with two attached hydrogens (primary N) is 1. The first-order valence-corrected chi connectivity index (χ1v) is 7.79. The van der Waals surface area contributed by atoms with Crippen molar-refractivity contribution in [2.75, 3.05) is 25.4 Å². The summed E-state index contributed by atoms with van der Waals surface area (Å²) in [4.78, 5) is 2.60. The molecule has 0 spiro atoms. The van der Waals surface area contributed by atoms with Crippen LogP contribution in [0, 0.1) is 11.8 Å². The highest BCUT2D eigenvalue weighted by Crippen LogP contribution is 2.26. The summed E-state index contributed by atoms with van der Waals surface area (Å²) in [6, 6.07) is 8.34. The zero-order valence-electron chi connectivity index (χ0n) is 14.1. The second-order valence-corrected chi connectivity index (χ2v) is 7.49. The van der Waals surface area contributed by atoms with Crippen LogP contribution in [0.1, 0.15) is 47.1 Å². The number of nitrogens with zero attached hydrogens (tertiary/aromatic N) is 1. The molecule has 2 nitrogen and oxygen atoms in total. The molecule has 2 heteroatoms. The van der Waals surface area contributed by atoms with Crippen molar-refractivity contribution in [2.45, 2.75) is 47.0 Å². The van der Waals surface area contributed by atoms with E-state index in [-0.39, 0.29) is 5.41 Å². The van der Waals surface area contributed by atoms with Crippen LogP contribution in [0.5, 0.6) is 0 Å². The van der Waals surface area contributed by atoms with Crippen molar-refractivity contribution < 1.29 is 0 Å². The monoisotopic (exact) mass is 276 g/mol. The predicted octanol–water partition coefficient (Wildman–Crippen LogP) is 4.16. The maximum absolute atomic E-state index is 5.79. The van der Waals surface area contributed by atoms with Gasteiger partial charge in [-0.3, -0.25) is 0 Å². The molecule has 0 saturated carbocycles. The summed E-state index contributed by atoms with van der Waals surface area (Å²) in [5.74, 6) is 1.41. The number of nitrogen functional groups attached to an aromatic ring is 1. The average molecular weight is 276 g/mol. The maximum Gasteiger partial charge on any atom is 0.0314 e. The molecule has 2 N–H and O–H groups in total. The predicted molar refractivity (Wildman–Crippen MR) is 90.0 cm³/mol. The molecule has 0 amide bonds. The molecule has 0 bridgehead atoms. The highest BCUT2D eigenvalue weighted by molar-refractivity contribution is 5.41. The lowest BCUT2D eigenvalue weighted by Gasteiger charge is -2.35. The van der Waals surface area contributed by atoms with Gasteiger partial charge in [0.15, 0.2) is 0 Å². The van der Waals surface area contributed by atoms with Gasteiger partial charge in [-0.25, -0.2) is 0 Å². The van der Waals surface area contributed by atoms with E-state index in [2.05, 4.69) is 58.6 Å². The lowest BCUT2D eigenvalue weighted by atomic mass is 9.83. The third-order valence-corrected chi connectivity index (χ3v) is 3.56. The van der Waals surface area contributed by atoms with Gasteiger partial charge in [0.05, 0.1) is 0 Å². The van der Waals surface area contributed by atoms with E-state index in [9.17, 15) is 0 Å². The Morgan fingerprint density at radius 2 is 1.40 bits per heavy atom. The summed E-state index contributed by atoms with van der Waals surface area (Å²) in [5, 5.41) is 0. The van der Waals surface area contributed by atoms with E-state index >= 15 is 0 Å². The zero-order valence-corrected chi connectivity index (χ0v) is 14.1. The molecule has 0 radical (unpaired) electrons. The first kappa shape index (κ1) is 17.0. The fraction of sp³-hybridized carbons (Fsp3) is 0.667. The van der Waals surface area contributed by atoms with Gasteiger partial charge in [0.25, 0.3) is 0 Å². The third kappa shape index (κ3) is 5.54. The number of rotatable bonds is 7. The molecule has 1 aromatic rings. The fourth-order valence-electron chi connectivity index (χ4n) is 2.82. The fourth-order valence-corrected chi connectivity index (χ4v) is 2.82. The number of hydrogen-bond acceptors (Lipinski definition) is 2. The van der Waals surface area contributed by atoms with Crippen LogP contribution in [0.3, 0.4) is 0 Å². The Labute approximate surface area is 125 Å². The Bertz CT molecular complexity index is 380. The molecule has 1 aromatic carbocycles. The molecule has 0 heterocycles. The average Bonchev–Trinajstić information content (AvgIpc) is 2.26. The molecule has 114 valence electrons. The highest BCUT2D eigenvalue weighted by Gasteiger charge is 2.24. The SMILES string of the molecule is CC(C)CN(CC(C)C)CC(C)(C)c1ccc(N)cc1. The van der Waals surface area contributed by atoms with E-state index < -0.39 is 0 Å². The van der Waals surface area contributed by atoms with Crippen LogP contribution in [0.25, 0.3) is 0 Å². The van der Waals surface area contributed by atoms with Crippen molar-refractivity contribution in [3.8, 4) is 0 Å². The number of hydrogen-bond donors (Lipinski definition) is 1. The molecule has 0 saturated heterocycles. The van der Waals surface area contributed by atoms with Crippen molar-refractivity contribution in [2.24, 2.45) is 11.8 Å². The lowest BCUT2D eigenvalue weighted by molar-refractivity contribution is 0.182. The van der Waals surface area contributed by atoms with Gasteiger partial charge >= 0.3 is 0 Å². The Hall–Kier alpha value is -1.02. The van der Waals surface area contributed by atoms with Crippen molar-refractivity contribution >= 4 is 5.69 Å².